The smallest absolute Gasteiger partial charge is 0.412 e. The number of allylic oxidation sites excluding steroid dienone is 7. The van der Waals surface area contributed by atoms with Crippen LogP contribution in [0.3, 0.4) is 0 Å². The molecule has 0 bridgehead atoms. The first kappa shape index (κ1) is 48.1. The van der Waals surface area contributed by atoms with E-state index in [0.29, 0.717) is 23.5 Å². The third-order valence-corrected chi connectivity index (χ3v) is 8.71. The van der Waals surface area contributed by atoms with E-state index < -0.39 is 74.2 Å². The first-order valence-corrected chi connectivity index (χ1v) is 20.4. The van der Waals surface area contributed by atoms with Crippen LogP contribution in [0.2, 0.25) is 0 Å². The van der Waals surface area contributed by atoms with E-state index in [9.17, 15) is 28.8 Å². The lowest BCUT2D eigenvalue weighted by Gasteiger charge is -2.35. The lowest BCUT2D eigenvalue weighted by molar-refractivity contribution is -0.126. The topological polar surface area (TPSA) is 230 Å². The van der Waals surface area contributed by atoms with Crippen molar-refractivity contribution >= 4 is 59.3 Å². The number of para-hydroxylation sites is 2. The molecular weight excluding hydrogens is 853 g/mol. The lowest BCUT2D eigenvalue weighted by atomic mass is 10.0. The van der Waals surface area contributed by atoms with Gasteiger partial charge in [0.2, 0.25) is 0 Å². The van der Waals surface area contributed by atoms with Gasteiger partial charge in [-0.1, -0.05) is 85.0 Å². The van der Waals surface area contributed by atoms with E-state index in [-0.39, 0.29) is 17.1 Å². The molecule has 1 aliphatic rings. The molecule has 4 aromatic rings. The Hall–Kier alpha value is -8.90. The molecule has 4 unspecified atom stereocenters. The van der Waals surface area contributed by atoms with Gasteiger partial charge in [0.05, 0.1) is 11.4 Å². The van der Waals surface area contributed by atoms with E-state index in [4.69, 9.17) is 28.4 Å². The Balaban J connectivity index is 1.59. The Morgan fingerprint density at radius 2 is 1.09 bits per heavy atom. The molecule has 18 nitrogen and oxygen atoms in total. The van der Waals surface area contributed by atoms with E-state index in [0.717, 1.165) is 6.42 Å². The summed E-state index contributed by atoms with van der Waals surface area (Å²) < 4.78 is 34.6. The summed E-state index contributed by atoms with van der Waals surface area (Å²) in [6, 6.07) is 36.3. The minimum atomic E-state index is -2.07. The van der Waals surface area contributed by atoms with E-state index in [1.807, 2.05) is 6.08 Å². The molecule has 6 amide bonds. The predicted octanol–water partition coefficient (Wildman–Crippen LogP) is 8.82. The summed E-state index contributed by atoms with van der Waals surface area (Å²) in [4.78, 5) is 81.7. The molecule has 0 aromatic heterocycles. The van der Waals surface area contributed by atoms with Crippen LogP contribution in [0.1, 0.15) is 26.7 Å². The van der Waals surface area contributed by atoms with E-state index >= 15 is 0 Å². The SMILES string of the molecule is C/C=C\C=C(/C)NC(=O)OC(C(COC(=O)Nc1ccccc1)OC(=O)Nc1c#cccc1)C(OC(=O)Nc1c#cccc1)C(COC(=O)Nc1ccccc1)OC(=O)NC1=CCCC=C1. The molecule has 1 aliphatic carbocycles. The second kappa shape index (κ2) is 25.9. The fourth-order valence-electron chi connectivity index (χ4n) is 5.75. The Kier molecular flexibility index (Phi) is 18.9. The quantitative estimate of drug-likeness (QED) is 0.0407. The fourth-order valence-corrected chi connectivity index (χ4v) is 5.75. The molecular formula is C48H46N6O12. The highest BCUT2D eigenvalue weighted by Gasteiger charge is 2.46. The molecule has 5 rings (SSSR count). The zero-order chi connectivity index (χ0) is 46.9. The van der Waals surface area contributed by atoms with Crippen LogP contribution in [0.4, 0.5) is 51.5 Å². The zero-order valence-corrected chi connectivity index (χ0v) is 35.7. The summed E-state index contributed by atoms with van der Waals surface area (Å²) in [7, 11) is 0. The molecule has 0 heterocycles. The molecule has 6 N–H and O–H groups in total. The number of carbonyl (C=O) groups excluding carboxylic acids is 6. The summed E-state index contributed by atoms with van der Waals surface area (Å²) in [6.45, 7) is 1.52. The van der Waals surface area contributed by atoms with Gasteiger partial charge in [-0.25, -0.2) is 28.8 Å². The van der Waals surface area contributed by atoms with Gasteiger partial charge >= 0.3 is 36.6 Å². The van der Waals surface area contributed by atoms with E-state index in [1.54, 1.807) is 117 Å². The number of carbonyl (C=O) groups is 6. The largest absolute Gasteiger partial charge is 0.445 e. The van der Waals surface area contributed by atoms with Gasteiger partial charge in [-0.15, -0.1) is 0 Å². The molecule has 0 saturated heterocycles. The normalized spacial score (nSPS) is 13.5. The average molecular weight is 899 g/mol. The van der Waals surface area contributed by atoms with Crippen molar-refractivity contribution in [1.82, 2.24) is 10.6 Å². The molecule has 0 radical (unpaired) electrons. The molecule has 0 fully saturated rings. The maximum atomic E-state index is 13.9. The highest BCUT2D eigenvalue weighted by atomic mass is 16.7. The summed E-state index contributed by atoms with van der Waals surface area (Å²) in [5, 5.41) is 15.1. The first-order chi connectivity index (χ1) is 32.0. The van der Waals surface area contributed by atoms with Crippen LogP contribution in [-0.4, -0.2) is 74.2 Å². The number of anilines is 4. The van der Waals surface area contributed by atoms with Crippen molar-refractivity contribution < 1.29 is 57.2 Å². The van der Waals surface area contributed by atoms with Crippen molar-refractivity contribution in [2.24, 2.45) is 0 Å². The Morgan fingerprint density at radius 1 is 0.591 bits per heavy atom. The maximum Gasteiger partial charge on any atom is 0.412 e. The highest BCUT2D eigenvalue weighted by Crippen LogP contribution is 2.23. The lowest BCUT2D eigenvalue weighted by Crippen LogP contribution is -2.56. The third-order valence-electron chi connectivity index (χ3n) is 8.71. The number of nitrogens with one attached hydrogen (secondary N) is 6. The van der Waals surface area contributed by atoms with Crippen molar-refractivity contribution in [1.29, 1.82) is 0 Å². The highest BCUT2D eigenvalue weighted by molar-refractivity contribution is 5.86. The van der Waals surface area contributed by atoms with Crippen LogP contribution >= 0.6 is 0 Å². The summed E-state index contributed by atoms with van der Waals surface area (Å²) in [6.07, 6.45) is -3.36. The van der Waals surface area contributed by atoms with Crippen LogP contribution < -0.4 is 31.9 Å². The van der Waals surface area contributed by atoms with Crippen LogP contribution in [0.25, 0.3) is 0 Å². The molecule has 0 spiro atoms. The number of benzene rings is 2. The van der Waals surface area contributed by atoms with E-state index in [2.05, 4.69) is 56.2 Å². The van der Waals surface area contributed by atoms with Gasteiger partial charge in [0, 0.05) is 22.8 Å². The second-order valence-electron chi connectivity index (χ2n) is 13.7. The van der Waals surface area contributed by atoms with E-state index in [1.165, 1.54) is 24.3 Å². The Labute approximate surface area is 381 Å². The van der Waals surface area contributed by atoms with Gasteiger partial charge < -0.3 is 28.4 Å². The number of ether oxygens (including phenoxy) is 6. The monoisotopic (exact) mass is 898 g/mol. The molecule has 4 atom stereocenters. The Morgan fingerprint density at radius 3 is 1.56 bits per heavy atom. The van der Waals surface area contributed by atoms with Crippen LogP contribution in [-0.2, 0) is 28.4 Å². The number of hydrogen-bond acceptors (Lipinski definition) is 12. The van der Waals surface area contributed by atoms with Gasteiger partial charge in [-0.2, -0.15) is 0 Å². The summed E-state index contributed by atoms with van der Waals surface area (Å²) in [5.74, 6) is 0. The average Bonchev–Trinajstić information content (AvgIpc) is 3.31. The van der Waals surface area contributed by atoms with Crippen molar-refractivity contribution in [3.05, 3.63) is 169 Å². The molecule has 18 heteroatoms. The van der Waals surface area contributed by atoms with Gasteiger partial charge in [0.15, 0.2) is 24.4 Å². The van der Waals surface area contributed by atoms with Crippen LogP contribution in [0, 0.1) is 24.3 Å². The summed E-state index contributed by atoms with van der Waals surface area (Å²) >= 11 is 0. The van der Waals surface area contributed by atoms with Gasteiger partial charge in [0.1, 0.15) is 13.2 Å². The number of hydrogen-bond donors (Lipinski definition) is 6. The number of amides is 6. The van der Waals surface area contributed by atoms with Gasteiger partial charge in [0.25, 0.3) is 0 Å². The van der Waals surface area contributed by atoms with Crippen molar-refractivity contribution in [3.63, 3.8) is 0 Å². The number of alkyl carbamates (subject to hydrolysis) is 2. The zero-order valence-electron chi connectivity index (χ0n) is 35.7. The molecule has 0 aliphatic heterocycles. The van der Waals surface area contributed by atoms with Gasteiger partial charge in [-0.3, -0.25) is 31.9 Å². The predicted molar refractivity (Wildman–Crippen MR) is 241 cm³/mol. The molecule has 4 aromatic carbocycles. The minimum Gasteiger partial charge on any atom is -0.445 e. The fraction of sp³-hybridized carbons (Fsp3) is 0.208. The Bertz CT molecular complexity index is 2340. The molecule has 0 saturated carbocycles. The molecule has 340 valence electrons. The minimum absolute atomic E-state index is 0.0786. The van der Waals surface area contributed by atoms with Crippen LogP contribution in [0.5, 0.6) is 0 Å². The van der Waals surface area contributed by atoms with Crippen molar-refractivity contribution in [2.45, 2.75) is 51.1 Å². The van der Waals surface area contributed by atoms with Crippen molar-refractivity contribution in [2.75, 3.05) is 34.5 Å². The maximum absolute atomic E-state index is 13.9. The second-order valence-corrected chi connectivity index (χ2v) is 13.7. The third kappa shape index (κ3) is 17.1. The van der Waals surface area contributed by atoms with Gasteiger partial charge in [-0.05, 0) is 99.5 Å². The van der Waals surface area contributed by atoms with Crippen molar-refractivity contribution in [3.8, 4) is 0 Å². The molecule has 66 heavy (non-hydrogen) atoms. The standard InChI is InChI=1S/C48H46N6O12/c1-3-4-20-33(2)49-45(57)65-41(39(63-46(58)52-36-25-14-7-15-26-36)31-61-43(55)50-34-21-10-5-11-22-34)42(66-48(60)54-38-29-18-9-19-30-38)40(64-47(59)53-37-27-16-8-17-28-37)32-62-44(56)51-35-23-12-6-13-24-35/h3-7,9-14,16,18,20-25,27-29,39-42H,8,17,31-32H2,1-2H3,(H,49,57)(H,50,55)(H,51,56)(H,52,58)(H,53,59)(H,54,60)/b4-3-,33-20+. The number of rotatable bonds is 18. The van der Waals surface area contributed by atoms with Crippen LogP contribution in [0.15, 0.2) is 145 Å². The summed E-state index contributed by atoms with van der Waals surface area (Å²) in [5.41, 5.74) is 1.50. The first-order valence-electron chi connectivity index (χ1n) is 20.4.